The zero-order valence-corrected chi connectivity index (χ0v) is 13.8. The summed E-state index contributed by atoms with van der Waals surface area (Å²) in [5.74, 6) is -0.805. The van der Waals surface area contributed by atoms with Crippen LogP contribution in [0.15, 0.2) is 24.3 Å². The number of amides is 1. The van der Waals surface area contributed by atoms with Crippen LogP contribution in [0.25, 0.3) is 0 Å². The number of phenolic OH excluding ortho intramolecular Hbond substituents is 1. The van der Waals surface area contributed by atoms with E-state index in [4.69, 9.17) is 10.5 Å². The molecule has 0 bridgehead atoms. The second kappa shape index (κ2) is 8.60. The van der Waals surface area contributed by atoms with E-state index in [1.807, 2.05) is 0 Å². The van der Waals surface area contributed by atoms with E-state index in [2.05, 4.69) is 5.32 Å². The van der Waals surface area contributed by atoms with Crippen LogP contribution >= 0.6 is 12.4 Å². The van der Waals surface area contributed by atoms with Crippen molar-refractivity contribution in [3.63, 3.8) is 0 Å². The topological polar surface area (TPSA) is 102 Å². The Labute approximate surface area is 136 Å². The average Bonchev–Trinajstić information content (AvgIpc) is 2.39. The maximum Gasteiger partial charge on any atom is 0.328 e. The highest BCUT2D eigenvalue weighted by atomic mass is 35.5. The van der Waals surface area contributed by atoms with Crippen molar-refractivity contribution in [3.05, 3.63) is 29.8 Å². The first kappa shape index (κ1) is 20.2. The average molecular weight is 331 g/mol. The van der Waals surface area contributed by atoms with Crippen LogP contribution in [-0.2, 0) is 20.7 Å². The molecule has 0 unspecified atom stereocenters. The number of hydrogen-bond donors (Lipinski definition) is 3. The van der Waals surface area contributed by atoms with Crippen LogP contribution in [0, 0.1) is 0 Å². The molecule has 0 saturated carbocycles. The predicted octanol–water partition coefficient (Wildman–Crippen LogP) is 1.14. The molecular weight excluding hydrogens is 308 g/mol. The number of halogens is 1. The highest BCUT2D eigenvalue weighted by Gasteiger charge is 2.28. The standard InChI is InChI=1S/C15H22N2O4.ClH/c1-4-21-13(19)12(17-14(20)15(2,3)16)9-10-5-7-11(18)8-6-10;/h5-8,12,18H,4,9,16H2,1-3H3,(H,17,20);1H/t12-;/m0./s1. The van der Waals surface area contributed by atoms with E-state index in [0.717, 1.165) is 5.56 Å². The Morgan fingerprint density at radius 1 is 1.32 bits per heavy atom. The number of phenols is 1. The summed E-state index contributed by atoms with van der Waals surface area (Å²) in [6.07, 6.45) is 0.265. The fourth-order valence-corrected chi connectivity index (χ4v) is 1.65. The molecule has 0 aliphatic rings. The summed E-state index contributed by atoms with van der Waals surface area (Å²) in [6, 6.07) is 5.59. The third-order valence-corrected chi connectivity index (χ3v) is 2.84. The van der Waals surface area contributed by atoms with Gasteiger partial charge in [-0.15, -0.1) is 12.4 Å². The maximum atomic E-state index is 11.9. The van der Waals surface area contributed by atoms with Gasteiger partial charge in [0.1, 0.15) is 11.8 Å². The lowest BCUT2D eigenvalue weighted by Crippen LogP contribution is -2.54. The van der Waals surface area contributed by atoms with Crippen molar-refractivity contribution in [2.24, 2.45) is 5.73 Å². The van der Waals surface area contributed by atoms with Gasteiger partial charge in [-0.3, -0.25) is 4.79 Å². The molecule has 6 nitrogen and oxygen atoms in total. The largest absolute Gasteiger partial charge is 0.508 e. The Balaban J connectivity index is 0.00000441. The molecule has 0 radical (unpaired) electrons. The number of hydrogen-bond acceptors (Lipinski definition) is 5. The minimum Gasteiger partial charge on any atom is -0.508 e. The summed E-state index contributed by atoms with van der Waals surface area (Å²) in [5.41, 5.74) is 5.43. The van der Waals surface area contributed by atoms with Crippen molar-refractivity contribution < 1.29 is 19.4 Å². The molecule has 1 aromatic carbocycles. The van der Waals surface area contributed by atoms with E-state index in [1.54, 1.807) is 32.9 Å². The highest BCUT2D eigenvalue weighted by Crippen LogP contribution is 2.12. The summed E-state index contributed by atoms with van der Waals surface area (Å²) in [4.78, 5) is 23.9. The highest BCUT2D eigenvalue weighted by molar-refractivity contribution is 5.89. The van der Waals surface area contributed by atoms with Gasteiger partial charge >= 0.3 is 5.97 Å². The van der Waals surface area contributed by atoms with Gasteiger partial charge in [-0.2, -0.15) is 0 Å². The van der Waals surface area contributed by atoms with Gasteiger partial charge in [-0.05, 0) is 38.5 Å². The molecule has 1 amide bonds. The molecule has 0 heterocycles. The van der Waals surface area contributed by atoms with Gasteiger partial charge in [0.15, 0.2) is 0 Å². The van der Waals surface area contributed by atoms with Crippen LogP contribution in [0.5, 0.6) is 5.75 Å². The Morgan fingerprint density at radius 2 is 1.86 bits per heavy atom. The van der Waals surface area contributed by atoms with Crippen molar-refractivity contribution in [1.82, 2.24) is 5.32 Å². The third-order valence-electron chi connectivity index (χ3n) is 2.84. The third kappa shape index (κ3) is 6.32. The SMILES string of the molecule is CCOC(=O)[C@H](Cc1ccc(O)cc1)NC(=O)C(C)(C)N.Cl. The molecule has 0 aliphatic carbocycles. The zero-order valence-electron chi connectivity index (χ0n) is 13.0. The number of nitrogens with two attached hydrogens (primary N) is 1. The number of benzene rings is 1. The maximum absolute atomic E-state index is 11.9. The number of rotatable bonds is 6. The minimum atomic E-state index is -1.08. The van der Waals surface area contributed by atoms with Gasteiger partial charge in [0.25, 0.3) is 0 Å². The van der Waals surface area contributed by atoms with Gasteiger partial charge in [0.2, 0.25) is 5.91 Å². The van der Waals surface area contributed by atoms with Crippen LogP contribution < -0.4 is 11.1 Å². The first-order chi connectivity index (χ1) is 9.74. The molecule has 0 spiro atoms. The summed E-state index contributed by atoms with van der Waals surface area (Å²) in [5, 5.41) is 11.9. The van der Waals surface area contributed by atoms with E-state index in [-0.39, 0.29) is 31.2 Å². The van der Waals surface area contributed by atoms with Gasteiger partial charge in [0, 0.05) is 6.42 Å². The fraction of sp³-hybridized carbons (Fsp3) is 0.467. The first-order valence-corrected chi connectivity index (χ1v) is 6.78. The van der Waals surface area contributed by atoms with E-state index >= 15 is 0 Å². The molecule has 1 atom stereocenters. The van der Waals surface area contributed by atoms with Crippen LogP contribution in [-0.4, -0.2) is 35.2 Å². The monoisotopic (exact) mass is 330 g/mol. The molecular formula is C15H23ClN2O4. The van der Waals surface area contributed by atoms with E-state index in [9.17, 15) is 14.7 Å². The van der Waals surface area contributed by atoms with Crippen molar-refractivity contribution in [2.75, 3.05) is 6.61 Å². The fourth-order valence-electron chi connectivity index (χ4n) is 1.65. The van der Waals surface area contributed by atoms with Crippen molar-refractivity contribution in [2.45, 2.75) is 38.8 Å². The summed E-state index contributed by atoms with van der Waals surface area (Å²) >= 11 is 0. The Hall–Kier alpha value is -1.79. The predicted molar refractivity (Wildman–Crippen MR) is 85.9 cm³/mol. The first-order valence-electron chi connectivity index (χ1n) is 6.78. The van der Waals surface area contributed by atoms with Crippen LogP contribution in [0.3, 0.4) is 0 Å². The number of carbonyl (C=O) groups excluding carboxylic acids is 2. The Bertz CT molecular complexity index is 497. The zero-order chi connectivity index (χ0) is 16.0. The molecule has 4 N–H and O–H groups in total. The summed E-state index contributed by atoms with van der Waals surface area (Å²) in [7, 11) is 0. The van der Waals surface area contributed by atoms with E-state index in [1.165, 1.54) is 12.1 Å². The molecule has 22 heavy (non-hydrogen) atoms. The molecule has 124 valence electrons. The van der Waals surface area contributed by atoms with E-state index < -0.39 is 23.5 Å². The lowest BCUT2D eigenvalue weighted by molar-refractivity contribution is -0.147. The lowest BCUT2D eigenvalue weighted by atomic mass is 10.0. The van der Waals surface area contributed by atoms with E-state index in [0.29, 0.717) is 0 Å². The van der Waals surface area contributed by atoms with Gasteiger partial charge in [-0.25, -0.2) is 4.79 Å². The van der Waals surface area contributed by atoms with Gasteiger partial charge in [0.05, 0.1) is 12.1 Å². The number of ether oxygens (including phenoxy) is 1. The van der Waals surface area contributed by atoms with Gasteiger partial charge in [-0.1, -0.05) is 12.1 Å². The quantitative estimate of drug-likeness (QED) is 0.679. The Kier molecular flexibility index (Phi) is 7.90. The number of aromatic hydroxyl groups is 1. The number of carbonyl (C=O) groups is 2. The van der Waals surface area contributed by atoms with Crippen molar-refractivity contribution >= 4 is 24.3 Å². The molecule has 1 aromatic rings. The molecule has 0 fully saturated rings. The smallest absolute Gasteiger partial charge is 0.328 e. The van der Waals surface area contributed by atoms with Gasteiger partial charge < -0.3 is 20.9 Å². The molecule has 0 aliphatic heterocycles. The Morgan fingerprint density at radius 3 is 2.32 bits per heavy atom. The summed E-state index contributed by atoms with van der Waals surface area (Å²) in [6.45, 7) is 5.05. The number of nitrogens with one attached hydrogen (secondary N) is 1. The minimum absolute atomic E-state index is 0. The summed E-state index contributed by atoms with van der Waals surface area (Å²) < 4.78 is 4.97. The molecule has 1 rings (SSSR count). The molecule has 0 aromatic heterocycles. The van der Waals surface area contributed by atoms with Crippen LogP contribution in [0.2, 0.25) is 0 Å². The van der Waals surface area contributed by atoms with Crippen LogP contribution in [0.1, 0.15) is 26.3 Å². The number of esters is 1. The normalized spacial score (nSPS) is 12.0. The lowest BCUT2D eigenvalue weighted by Gasteiger charge is -2.23. The second-order valence-electron chi connectivity index (χ2n) is 5.37. The van der Waals surface area contributed by atoms with Crippen LogP contribution in [0.4, 0.5) is 0 Å². The van der Waals surface area contributed by atoms with Crippen molar-refractivity contribution in [3.8, 4) is 5.75 Å². The molecule has 0 saturated heterocycles. The van der Waals surface area contributed by atoms with Crippen molar-refractivity contribution in [1.29, 1.82) is 0 Å². The second-order valence-corrected chi connectivity index (χ2v) is 5.37. The molecule has 7 heteroatoms.